The highest BCUT2D eigenvalue weighted by Crippen LogP contribution is 2.29. The number of esters is 1. The lowest BCUT2D eigenvalue weighted by Crippen LogP contribution is -2.25. The van der Waals surface area contributed by atoms with E-state index in [-0.39, 0.29) is 12.1 Å². The molecule has 3 nitrogen and oxygen atoms in total. The lowest BCUT2D eigenvalue weighted by molar-refractivity contribution is 0.0140. The van der Waals surface area contributed by atoms with Crippen molar-refractivity contribution in [2.75, 3.05) is 0 Å². The minimum atomic E-state index is -0.236. The van der Waals surface area contributed by atoms with Crippen molar-refractivity contribution in [1.82, 2.24) is 4.98 Å². The molecule has 18 heavy (non-hydrogen) atoms. The largest absolute Gasteiger partial charge is 0.459 e. The quantitative estimate of drug-likeness (QED) is 0.626. The van der Waals surface area contributed by atoms with E-state index in [1.54, 1.807) is 18.3 Å². The van der Waals surface area contributed by atoms with Gasteiger partial charge in [0.1, 0.15) is 10.7 Å². The molecule has 0 spiro atoms. The van der Waals surface area contributed by atoms with E-state index >= 15 is 0 Å². The van der Waals surface area contributed by atoms with Gasteiger partial charge < -0.3 is 4.74 Å². The van der Waals surface area contributed by atoms with Crippen LogP contribution >= 0.6 is 15.9 Å². The number of hydrogen-bond donors (Lipinski definition) is 0. The molecule has 0 N–H and O–H groups in total. The maximum absolute atomic E-state index is 12.0. The Bertz CT molecular complexity index is 422. The molecule has 1 heterocycles. The summed E-state index contributed by atoms with van der Waals surface area (Å²) in [6.07, 6.45) is 7.30. The highest BCUT2D eigenvalue weighted by atomic mass is 79.9. The summed E-state index contributed by atoms with van der Waals surface area (Å²) in [7, 11) is 0. The van der Waals surface area contributed by atoms with Gasteiger partial charge in [0.15, 0.2) is 0 Å². The van der Waals surface area contributed by atoms with Crippen molar-refractivity contribution in [3.05, 3.63) is 28.5 Å². The highest BCUT2D eigenvalue weighted by molar-refractivity contribution is 9.10. The van der Waals surface area contributed by atoms with Crippen LogP contribution in [0.1, 0.15) is 49.4 Å². The third kappa shape index (κ3) is 3.55. The van der Waals surface area contributed by atoms with Crippen molar-refractivity contribution in [2.45, 2.75) is 45.1 Å². The first-order chi connectivity index (χ1) is 8.69. The first-order valence-electron chi connectivity index (χ1n) is 6.51. The maximum Gasteiger partial charge on any atom is 0.338 e. The van der Waals surface area contributed by atoms with Gasteiger partial charge >= 0.3 is 5.97 Å². The molecule has 1 aromatic rings. The molecule has 1 fully saturated rings. The molecule has 0 amide bonds. The number of pyridine rings is 1. The minimum Gasteiger partial charge on any atom is -0.459 e. The van der Waals surface area contributed by atoms with E-state index in [0.29, 0.717) is 16.1 Å². The van der Waals surface area contributed by atoms with Crippen LogP contribution in [0.5, 0.6) is 0 Å². The van der Waals surface area contributed by atoms with Gasteiger partial charge in [-0.1, -0.05) is 19.8 Å². The van der Waals surface area contributed by atoms with E-state index in [0.717, 1.165) is 19.3 Å². The van der Waals surface area contributed by atoms with Crippen molar-refractivity contribution in [3.63, 3.8) is 0 Å². The van der Waals surface area contributed by atoms with Gasteiger partial charge in [-0.2, -0.15) is 0 Å². The average molecular weight is 312 g/mol. The second-order valence-corrected chi connectivity index (χ2v) is 5.65. The van der Waals surface area contributed by atoms with Crippen LogP contribution in [0.3, 0.4) is 0 Å². The number of rotatable bonds is 3. The summed E-state index contributed by atoms with van der Waals surface area (Å²) in [6, 6.07) is 3.38. The number of hydrogen-bond acceptors (Lipinski definition) is 3. The van der Waals surface area contributed by atoms with Gasteiger partial charge in [0.2, 0.25) is 0 Å². The zero-order valence-corrected chi connectivity index (χ0v) is 12.1. The number of carbonyl (C=O) groups is 1. The van der Waals surface area contributed by atoms with Gasteiger partial charge in [-0.05, 0) is 53.2 Å². The van der Waals surface area contributed by atoms with E-state index in [9.17, 15) is 4.79 Å². The monoisotopic (exact) mass is 311 g/mol. The molecule has 0 aromatic carbocycles. The van der Waals surface area contributed by atoms with E-state index < -0.39 is 0 Å². The van der Waals surface area contributed by atoms with Crippen molar-refractivity contribution in [3.8, 4) is 0 Å². The molecule has 0 saturated heterocycles. The van der Waals surface area contributed by atoms with Crippen molar-refractivity contribution >= 4 is 21.9 Å². The number of nitrogens with zero attached hydrogens (tertiary/aromatic N) is 1. The second-order valence-electron chi connectivity index (χ2n) is 4.84. The summed E-state index contributed by atoms with van der Waals surface area (Å²) in [6.45, 7) is 2.20. The van der Waals surface area contributed by atoms with Crippen LogP contribution in [0, 0.1) is 5.92 Å². The van der Waals surface area contributed by atoms with Gasteiger partial charge in [0.25, 0.3) is 0 Å². The molecule has 1 saturated carbocycles. The molecule has 1 aliphatic rings. The Morgan fingerprint density at radius 2 is 2.39 bits per heavy atom. The lowest BCUT2D eigenvalue weighted by Gasteiger charge is -2.28. The van der Waals surface area contributed by atoms with Crippen LogP contribution < -0.4 is 0 Å². The van der Waals surface area contributed by atoms with Crippen molar-refractivity contribution in [2.24, 2.45) is 5.92 Å². The topological polar surface area (TPSA) is 39.2 Å². The Morgan fingerprint density at radius 1 is 1.56 bits per heavy atom. The van der Waals surface area contributed by atoms with Crippen LogP contribution in [-0.4, -0.2) is 17.1 Å². The van der Waals surface area contributed by atoms with Gasteiger partial charge in [-0.15, -0.1) is 0 Å². The standard InChI is InChI=1S/C14H18BrNO2/c1-2-10-4-3-5-12(8-10)18-14(17)11-6-7-16-13(15)9-11/h6-7,9-10,12H,2-5,8H2,1H3. The van der Waals surface area contributed by atoms with Crippen LogP contribution in [0.2, 0.25) is 0 Å². The van der Waals surface area contributed by atoms with Crippen molar-refractivity contribution < 1.29 is 9.53 Å². The lowest BCUT2D eigenvalue weighted by atomic mass is 9.85. The molecule has 98 valence electrons. The summed E-state index contributed by atoms with van der Waals surface area (Å²) in [5.41, 5.74) is 0.565. The molecule has 4 heteroatoms. The van der Waals surface area contributed by atoms with Crippen LogP contribution in [-0.2, 0) is 4.74 Å². The molecule has 2 rings (SSSR count). The van der Waals surface area contributed by atoms with Crippen molar-refractivity contribution in [1.29, 1.82) is 0 Å². The van der Waals surface area contributed by atoms with Gasteiger partial charge in [-0.3, -0.25) is 0 Å². The van der Waals surface area contributed by atoms with Gasteiger partial charge in [0, 0.05) is 6.20 Å². The fourth-order valence-electron chi connectivity index (χ4n) is 2.47. The zero-order chi connectivity index (χ0) is 13.0. The first-order valence-corrected chi connectivity index (χ1v) is 7.31. The average Bonchev–Trinajstić information content (AvgIpc) is 2.39. The Labute approximate surface area is 116 Å². The van der Waals surface area contributed by atoms with Crippen LogP contribution in [0.15, 0.2) is 22.9 Å². The number of ether oxygens (including phenoxy) is 1. The minimum absolute atomic E-state index is 0.0862. The highest BCUT2D eigenvalue weighted by Gasteiger charge is 2.24. The zero-order valence-electron chi connectivity index (χ0n) is 10.6. The predicted octanol–water partition coefficient (Wildman–Crippen LogP) is 3.97. The maximum atomic E-state index is 12.0. The Hall–Kier alpha value is -0.900. The fraction of sp³-hybridized carbons (Fsp3) is 0.571. The fourth-order valence-corrected chi connectivity index (χ4v) is 2.83. The molecule has 1 aromatic heterocycles. The third-order valence-corrected chi connectivity index (χ3v) is 3.98. The summed E-state index contributed by atoms with van der Waals surface area (Å²) in [4.78, 5) is 16.0. The number of aromatic nitrogens is 1. The first kappa shape index (κ1) is 13.5. The molecule has 2 unspecified atom stereocenters. The molecule has 1 aliphatic carbocycles. The van der Waals surface area contributed by atoms with E-state index in [2.05, 4.69) is 27.8 Å². The molecule has 0 radical (unpaired) electrons. The van der Waals surface area contributed by atoms with E-state index in [4.69, 9.17) is 4.74 Å². The molecular weight excluding hydrogens is 294 g/mol. The summed E-state index contributed by atoms with van der Waals surface area (Å²) < 4.78 is 6.24. The smallest absolute Gasteiger partial charge is 0.338 e. The number of carbonyl (C=O) groups excluding carboxylic acids is 1. The summed E-state index contributed by atoms with van der Waals surface area (Å²) >= 11 is 3.26. The van der Waals surface area contributed by atoms with Crippen LogP contribution in [0.4, 0.5) is 0 Å². The normalized spacial score (nSPS) is 23.7. The predicted molar refractivity (Wildman–Crippen MR) is 73.4 cm³/mol. The Kier molecular flexibility index (Phi) is 4.75. The third-order valence-electron chi connectivity index (χ3n) is 3.55. The Balaban J connectivity index is 1.95. The SMILES string of the molecule is CCC1CCCC(OC(=O)c2ccnc(Br)c2)C1. The number of halogens is 1. The second kappa shape index (κ2) is 6.32. The molecule has 0 aliphatic heterocycles. The Morgan fingerprint density at radius 3 is 3.11 bits per heavy atom. The molecular formula is C14H18BrNO2. The van der Waals surface area contributed by atoms with Gasteiger partial charge in [0.05, 0.1) is 5.56 Å². The van der Waals surface area contributed by atoms with E-state index in [1.807, 2.05) is 0 Å². The summed E-state index contributed by atoms with van der Waals surface area (Å²) in [5, 5.41) is 0. The van der Waals surface area contributed by atoms with Gasteiger partial charge in [-0.25, -0.2) is 9.78 Å². The van der Waals surface area contributed by atoms with E-state index in [1.165, 1.54) is 12.8 Å². The summed E-state index contributed by atoms with van der Waals surface area (Å²) in [5.74, 6) is 0.473. The molecule has 2 atom stereocenters. The van der Waals surface area contributed by atoms with Crippen LogP contribution in [0.25, 0.3) is 0 Å². The molecule has 0 bridgehead atoms.